The molecule has 10 nitrogen and oxygen atoms in total. The van der Waals surface area contributed by atoms with E-state index in [1.54, 1.807) is 19.2 Å². The highest BCUT2D eigenvalue weighted by atomic mass is 32.2. The molecule has 34 heavy (non-hydrogen) atoms. The average Bonchev–Trinajstić information content (AvgIpc) is 3.22. The zero-order valence-electron chi connectivity index (χ0n) is 18.6. The summed E-state index contributed by atoms with van der Waals surface area (Å²) >= 11 is 0.898. The van der Waals surface area contributed by atoms with Crippen molar-refractivity contribution in [3.63, 3.8) is 0 Å². The van der Waals surface area contributed by atoms with Crippen LogP contribution in [0.2, 0.25) is 0 Å². The van der Waals surface area contributed by atoms with E-state index in [0.29, 0.717) is 12.1 Å². The molecule has 1 aromatic heterocycles. The number of anilines is 1. The predicted molar refractivity (Wildman–Crippen MR) is 128 cm³/mol. The van der Waals surface area contributed by atoms with Crippen LogP contribution in [0, 0.1) is 0 Å². The molecule has 1 aliphatic rings. The van der Waals surface area contributed by atoms with Crippen molar-refractivity contribution in [2.45, 2.75) is 32.4 Å². The number of benzene rings is 1. The van der Waals surface area contributed by atoms with Crippen LogP contribution in [-0.4, -0.2) is 63.9 Å². The standard InChI is InChI=1S/C19H21F2N7O2S.C2H6O/c20-17(21)30-14-4-1-3-12(9-14)10-16(29)26-19(23)31-18(22)25-13-6-8-28(11-13)15-5-2-7-24-27-15;1-2-3/h1-5,7,9,13,17H,6,8,10-11H2,(H2,22,25)(H2,23,26,29);3H,2H2,1H3. The Morgan fingerprint density at radius 2 is 2.09 bits per heavy atom. The number of amides is 1. The third kappa shape index (κ3) is 9.67. The number of rotatable bonds is 6. The molecule has 0 spiro atoms. The van der Waals surface area contributed by atoms with Crippen LogP contribution in [0.1, 0.15) is 18.9 Å². The van der Waals surface area contributed by atoms with Crippen molar-refractivity contribution in [2.24, 2.45) is 21.5 Å². The molecule has 1 saturated heterocycles. The minimum absolute atomic E-state index is 0.0319. The number of carbonyl (C=O) groups is 1. The van der Waals surface area contributed by atoms with Gasteiger partial charge in [-0.15, -0.1) is 5.10 Å². The molecule has 2 heterocycles. The fraction of sp³-hybridized carbons (Fsp3) is 0.381. The molecule has 1 unspecified atom stereocenters. The fourth-order valence-electron chi connectivity index (χ4n) is 3.02. The third-order valence-electron chi connectivity index (χ3n) is 4.28. The van der Waals surface area contributed by atoms with Crippen LogP contribution >= 0.6 is 11.8 Å². The average molecular weight is 496 g/mol. The van der Waals surface area contributed by atoms with Crippen LogP contribution in [0.25, 0.3) is 0 Å². The van der Waals surface area contributed by atoms with Gasteiger partial charge in [0, 0.05) is 25.9 Å². The van der Waals surface area contributed by atoms with Gasteiger partial charge in [-0.1, -0.05) is 12.1 Å². The van der Waals surface area contributed by atoms with Gasteiger partial charge < -0.3 is 26.2 Å². The monoisotopic (exact) mass is 495 g/mol. The van der Waals surface area contributed by atoms with Crippen molar-refractivity contribution in [1.29, 1.82) is 0 Å². The first kappa shape index (κ1) is 26.9. The van der Waals surface area contributed by atoms with Crippen molar-refractivity contribution in [3.05, 3.63) is 48.2 Å². The summed E-state index contributed by atoms with van der Waals surface area (Å²) in [5, 5.41) is 15.7. The van der Waals surface area contributed by atoms with Crippen LogP contribution in [0.4, 0.5) is 14.6 Å². The number of aliphatic hydroxyl groups is 1. The number of nitrogens with two attached hydrogens (primary N) is 2. The fourth-order valence-corrected chi connectivity index (χ4v) is 3.59. The topological polar surface area (TPSA) is 152 Å². The minimum Gasteiger partial charge on any atom is -0.435 e. The largest absolute Gasteiger partial charge is 0.435 e. The summed E-state index contributed by atoms with van der Waals surface area (Å²) in [5.74, 6) is 0.206. The Bertz CT molecular complexity index is 980. The Hall–Kier alpha value is -3.32. The molecule has 1 atom stereocenters. The van der Waals surface area contributed by atoms with Gasteiger partial charge in [0.1, 0.15) is 5.75 Å². The summed E-state index contributed by atoms with van der Waals surface area (Å²) in [6, 6.07) is 9.51. The number of aliphatic imine (C=N–C) groups is 2. The Kier molecular flexibility index (Phi) is 11.1. The van der Waals surface area contributed by atoms with Gasteiger partial charge in [-0.05, 0) is 54.9 Å². The van der Waals surface area contributed by atoms with Crippen LogP contribution in [0.5, 0.6) is 5.75 Å². The van der Waals surface area contributed by atoms with Crippen LogP contribution in [-0.2, 0) is 11.2 Å². The third-order valence-corrected chi connectivity index (χ3v) is 4.89. The van der Waals surface area contributed by atoms with Gasteiger partial charge in [0.05, 0.1) is 12.5 Å². The Balaban J connectivity index is 0.00000129. The number of aliphatic hydroxyl groups excluding tert-OH is 1. The highest BCUT2D eigenvalue weighted by Gasteiger charge is 2.23. The number of hydrogen-bond donors (Lipinski definition) is 3. The van der Waals surface area contributed by atoms with Crippen LogP contribution in [0.15, 0.2) is 52.6 Å². The van der Waals surface area contributed by atoms with E-state index in [2.05, 4.69) is 29.8 Å². The van der Waals surface area contributed by atoms with Crippen molar-refractivity contribution < 1.29 is 23.4 Å². The summed E-state index contributed by atoms with van der Waals surface area (Å²) in [7, 11) is 0. The van der Waals surface area contributed by atoms with Gasteiger partial charge in [-0.25, -0.2) is 0 Å². The van der Waals surface area contributed by atoms with Crippen LogP contribution < -0.4 is 21.1 Å². The highest BCUT2D eigenvalue weighted by molar-refractivity contribution is 8.26. The maximum Gasteiger partial charge on any atom is 0.387 e. The SMILES string of the molecule is CCO.NC(=NC(=O)Cc1cccc(OC(F)F)c1)SC(N)=NC1CCN(c2cccnn2)C1. The lowest BCUT2D eigenvalue weighted by molar-refractivity contribution is -0.117. The molecular formula is C21H27F2N7O3S. The van der Waals surface area contributed by atoms with Crippen molar-refractivity contribution >= 4 is 33.8 Å². The van der Waals surface area contributed by atoms with Gasteiger partial charge in [0.2, 0.25) is 0 Å². The van der Waals surface area contributed by atoms with E-state index in [0.717, 1.165) is 30.5 Å². The summed E-state index contributed by atoms with van der Waals surface area (Å²) < 4.78 is 28.9. The zero-order valence-corrected chi connectivity index (χ0v) is 19.4. The summed E-state index contributed by atoms with van der Waals surface area (Å²) in [6.45, 7) is 0.416. The molecule has 1 amide bonds. The number of halogens is 2. The highest BCUT2D eigenvalue weighted by Crippen LogP contribution is 2.20. The lowest BCUT2D eigenvalue weighted by Gasteiger charge is -2.15. The first-order chi connectivity index (χ1) is 16.3. The quantitative estimate of drug-likeness (QED) is 0.402. The molecule has 0 aliphatic carbocycles. The number of ether oxygens (including phenoxy) is 1. The normalized spacial score (nSPS) is 16.3. The second kappa shape index (κ2) is 14.1. The van der Waals surface area contributed by atoms with Gasteiger partial charge in [-0.2, -0.15) is 18.9 Å². The Morgan fingerprint density at radius 1 is 1.32 bits per heavy atom. The number of amidine groups is 2. The first-order valence-corrected chi connectivity index (χ1v) is 11.2. The van der Waals surface area contributed by atoms with Gasteiger partial charge >= 0.3 is 6.61 Å². The van der Waals surface area contributed by atoms with E-state index in [9.17, 15) is 13.6 Å². The van der Waals surface area contributed by atoms with E-state index in [1.165, 1.54) is 18.2 Å². The number of thioether (sulfide) groups is 1. The maximum absolute atomic E-state index is 12.3. The number of nitrogens with zero attached hydrogens (tertiary/aromatic N) is 5. The molecule has 184 valence electrons. The van der Waals surface area contributed by atoms with Crippen LogP contribution in [0.3, 0.4) is 0 Å². The van der Waals surface area contributed by atoms with E-state index in [4.69, 9.17) is 16.6 Å². The van der Waals surface area contributed by atoms with E-state index >= 15 is 0 Å². The van der Waals surface area contributed by atoms with Gasteiger partial charge in [0.15, 0.2) is 16.2 Å². The number of hydrogen-bond acceptors (Lipinski definition) is 8. The molecule has 0 radical (unpaired) electrons. The first-order valence-electron chi connectivity index (χ1n) is 10.4. The molecule has 3 rings (SSSR count). The van der Waals surface area contributed by atoms with E-state index < -0.39 is 12.5 Å². The Labute approximate surface area is 200 Å². The van der Waals surface area contributed by atoms with E-state index in [1.807, 2.05) is 12.1 Å². The van der Waals surface area contributed by atoms with Crippen molar-refractivity contribution in [2.75, 3.05) is 24.6 Å². The second-order valence-corrected chi connectivity index (χ2v) is 7.94. The lowest BCUT2D eigenvalue weighted by atomic mass is 10.1. The summed E-state index contributed by atoms with van der Waals surface area (Å²) in [6.07, 6.45) is 2.29. The molecular weight excluding hydrogens is 468 g/mol. The molecule has 5 N–H and O–H groups in total. The second-order valence-electron chi connectivity index (χ2n) is 6.90. The Morgan fingerprint density at radius 3 is 2.76 bits per heavy atom. The van der Waals surface area contributed by atoms with Crippen molar-refractivity contribution in [3.8, 4) is 5.75 Å². The predicted octanol–water partition coefficient (Wildman–Crippen LogP) is 1.79. The molecule has 0 saturated carbocycles. The summed E-state index contributed by atoms with van der Waals surface area (Å²) in [4.78, 5) is 22.4. The van der Waals surface area contributed by atoms with Gasteiger partial charge in [-0.3, -0.25) is 9.79 Å². The molecule has 1 fully saturated rings. The smallest absolute Gasteiger partial charge is 0.387 e. The van der Waals surface area contributed by atoms with Gasteiger partial charge in [0.25, 0.3) is 5.91 Å². The number of carbonyl (C=O) groups excluding carboxylic acids is 1. The number of aromatic nitrogens is 2. The molecule has 2 aromatic rings. The molecule has 13 heteroatoms. The summed E-state index contributed by atoms with van der Waals surface area (Å²) in [5.41, 5.74) is 12.2. The molecule has 0 bridgehead atoms. The van der Waals surface area contributed by atoms with E-state index in [-0.39, 0.29) is 35.2 Å². The van der Waals surface area contributed by atoms with Crippen molar-refractivity contribution in [1.82, 2.24) is 10.2 Å². The zero-order chi connectivity index (χ0) is 24.9. The lowest BCUT2D eigenvalue weighted by Crippen LogP contribution is -2.24. The minimum atomic E-state index is -2.94. The number of alkyl halides is 2. The maximum atomic E-state index is 12.3. The molecule has 1 aromatic carbocycles. The molecule has 1 aliphatic heterocycles.